The average Bonchev–Trinajstić information content (AvgIpc) is 2.15. The van der Waals surface area contributed by atoms with Crippen molar-refractivity contribution in [2.24, 2.45) is 0 Å². The van der Waals surface area contributed by atoms with E-state index in [1.807, 2.05) is 22.6 Å². The minimum atomic E-state index is -0.290. The van der Waals surface area contributed by atoms with E-state index in [0.717, 1.165) is 0 Å². The Morgan fingerprint density at radius 3 is 2.50 bits per heavy atom. The van der Waals surface area contributed by atoms with E-state index >= 15 is 0 Å². The maximum Gasteiger partial charge on any atom is 0.302 e. The lowest BCUT2D eigenvalue weighted by Crippen LogP contribution is -2.11. The van der Waals surface area contributed by atoms with Crippen LogP contribution >= 0.6 is 22.6 Å². The number of hydrogen-bond acceptors (Lipinski definition) is 4. The third-order valence-corrected chi connectivity index (χ3v) is 1.53. The summed E-state index contributed by atoms with van der Waals surface area (Å²) >= 11 is 1.95. The van der Waals surface area contributed by atoms with Crippen LogP contribution in [0.15, 0.2) is 0 Å². The number of carbonyl (C=O) groups is 1. The van der Waals surface area contributed by atoms with Crippen LogP contribution in [0.3, 0.4) is 0 Å². The van der Waals surface area contributed by atoms with Crippen molar-refractivity contribution in [2.45, 2.75) is 6.92 Å². The molecule has 0 fully saturated rings. The largest absolute Gasteiger partial charge is 0.463 e. The van der Waals surface area contributed by atoms with Crippen LogP contribution in [0.2, 0.25) is 0 Å². The van der Waals surface area contributed by atoms with Gasteiger partial charge in [-0.15, -0.1) is 0 Å². The van der Waals surface area contributed by atoms with Gasteiger partial charge < -0.3 is 14.2 Å². The smallest absolute Gasteiger partial charge is 0.302 e. The van der Waals surface area contributed by atoms with Gasteiger partial charge in [0, 0.05) is 29.5 Å². The first-order valence-corrected chi connectivity index (χ1v) is 5.22. The molecule has 0 amide bonds. The second-order valence-electron chi connectivity index (χ2n) is 2.28. The van der Waals surface area contributed by atoms with Crippen LogP contribution in [-0.2, 0) is 19.0 Å². The molecular formula is C9H13IO4. The Bertz CT molecular complexity index is 207. The van der Waals surface area contributed by atoms with Crippen LogP contribution in [-0.4, -0.2) is 39.0 Å². The molecule has 80 valence electrons. The Labute approximate surface area is 97.4 Å². The molecule has 0 aromatic heterocycles. The second kappa shape index (κ2) is 10.8. The summed E-state index contributed by atoms with van der Waals surface area (Å²) in [5, 5.41) is 0. The Kier molecular flexibility index (Phi) is 10.5. The summed E-state index contributed by atoms with van der Waals surface area (Å²) in [7, 11) is 0. The monoisotopic (exact) mass is 312 g/mol. The van der Waals surface area contributed by atoms with Gasteiger partial charge in [0.2, 0.25) is 0 Å². The van der Waals surface area contributed by atoms with Gasteiger partial charge in [0.15, 0.2) is 0 Å². The molecule has 0 aliphatic heterocycles. The third kappa shape index (κ3) is 11.7. The van der Waals surface area contributed by atoms with Gasteiger partial charge in [-0.3, -0.25) is 4.79 Å². The number of hydrogen-bond donors (Lipinski definition) is 0. The van der Waals surface area contributed by atoms with E-state index in [1.165, 1.54) is 6.92 Å². The number of esters is 1. The van der Waals surface area contributed by atoms with Crippen molar-refractivity contribution < 1.29 is 19.0 Å². The Balaban J connectivity index is 2.98. The molecule has 0 atom stereocenters. The van der Waals surface area contributed by atoms with Crippen molar-refractivity contribution in [1.82, 2.24) is 0 Å². The van der Waals surface area contributed by atoms with Gasteiger partial charge in [0.05, 0.1) is 19.8 Å². The lowest BCUT2D eigenvalue weighted by Gasteiger charge is -2.03. The molecule has 0 aliphatic rings. The van der Waals surface area contributed by atoms with Gasteiger partial charge in [0.25, 0.3) is 0 Å². The van der Waals surface area contributed by atoms with Crippen molar-refractivity contribution in [2.75, 3.05) is 33.0 Å². The predicted molar refractivity (Wildman–Crippen MR) is 60.1 cm³/mol. The molecule has 0 N–H and O–H groups in total. The maximum absolute atomic E-state index is 10.3. The molecule has 0 heterocycles. The van der Waals surface area contributed by atoms with E-state index in [0.29, 0.717) is 33.0 Å². The van der Waals surface area contributed by atoms with Crippen molar-refractivity contribution in [3.63, 3.8) is 0 Å². The normalized spacial score (nSPS) is 9.00. The molecule has 0 saturated heterocycles. The van der Waals surface area contributed by atoms with Crippen LogP contribution in [0.4, 0.5) is 0 Å². The summed E-state index contributed by atoms with van der Waals surface area (Å²) in [4.78, 5) is 10.3. The van der Waals surface area contributed by atoms with E-state index in [9.17, 15) is 4.79 Å². The summed E-state index contributed by atoms with van der Waals surface area (Å²) < 4.78 is 17.5. The van der Waals surface area contributed by atoms with Crippen LogP contribution in [0.1, 0.15) is 6.92 Å². The Morgan fingerprint density at radius 1 is 1.21 bits per heavy atom. The molecule has 0 aliphatic carbocycles. The summed E-state index contributed by atoms with van der Waals surface area (Å²) in [5.41, 5.74) is 0. The molecule has 5 heteroatoms. The zero-order valence-corrected chi connectivity index (χ0v) is 10.2. The van der Waals surface area contributed by atoms with Gasteiger partial charge in [-0.1, -0.05) is 5.92 Å². The van der Waals surface area contributed by atoms with Crippen LogP contribution in [0.25, 0.3) is 0 Å². The Morgan fingerprint density at radius 2 is 1.86 bits per heavy atom. The molecule has 0 bridgehead atoms. The molecule has 0 rings (SSSR count). The van der Waals surface area contributed by atoms with E-state index < -0.39 is 0 Å². The Hall–Kier alpha value is -0.320. The first kappa shape index (κ1) is 13.7. The molecule has 0 aromatic carbocycles. The number of carbonyl (C=O) groups excluding carboxylic acids is 1. The number of ether oxygens (including phenoxy) is 3. The van der Waals surface area contributed by atoms with E-state index in [2.05, 4.69) is 14.6 Å². The van der Waals surface area contributed by atoms with Crippen LogP contribution in [0.5, 0.6) is 0 Å². The fraction of sp³-hybridized carbons (Fsp3) is 0.667. The standard InChI is InChI=1S/C9H13IO4/c1-9(11)14-8-7-13-6-5-12-4-2-3-10/h4-8H2,1H3. The maximum atomic E-state index is 10.3. The summed E-state index contributed by atoms with van der Waals surface area (Å²) in [6.07, 6.45) is 0. The fourth-order valence-electron chi connectivity index (χ4n) is 0.615. The first-order chi connectivity index (χ1) is 6.77. The zero-order chi connectivity index (χ0) is 10.6. The molecular weight excluding hydrogens is 299 g/mol. The molecule has 0 radical (unpaired) electrons. The summed E-state index contributed by atoms with van der Waals surface area (Å²) in [5.74, 6) is 2.47. The number of rotatable bonds is 7. The van der Waals surface area contributed by atoms with Crippen molar-refractivity contribution in [3.8, 4) is 9.85 Å². The minimum absolute atomic E-state index is 0.290. The molecule has 0 spiro atoms. The number of halogens is 1. The third-order valence-electron chi connectivity index (χ3n) is 1.15. The highest BCUT2D eigenvalue weighted by molar-refractivity contribution is 14.1. The highest BCUT2D eigenvalue weighted by Gasteiger charge is 1.92. The minimum Gasteiger partial charge on any atom is -0.463 e. The van der Waals surface area contributed by atoms with Gasteiger partial charge in [-0.05, 0) is 3.93 Å². The SMILES string of the molecule is CC(=O)OCCOCCOCC#CI. The molecule has 14 heavy (non-hydrogen) atoms. The van der Waals surface area contributed by atoms with Gasteiger partial charge in [-0.2, -0.15) is 0 Å². The van der Waals surface area contributed by atoms with E-state index in [-0.39, 0.29) is 5.97 Å². The van der Waals surface area contributed by atoms with E-state index in [1.54, 1.807) is 0 Å². The second-order valence-corrected chi connectivity index (χ2v) is 2.82. The fourth-order valence-corrected chi connectivity index (χ4v) is 0.770. The average molecular weight is 312 g/mol. The van der Waals surface area contributed by atoms with Crippen molar-refractivity contribution >= 4 is 28.6 Å². The van der Waals surface area contributed by atoms with Crippen molar-refractivity contribution in [3.05, 3.63) is 0 Å². The lowest BCUT2D eigenvalue weighted by atomic mass is 10.7. The zero-order valence-electron chi connectivity index (χ0n) is 8.05. The van der Waals surface area contributed by atoms with Gasteiger partial charge in [0.1, 0.15) is 13.2 Å². The van der Waals surface area contributed by atoms with Gasteiger partial charge >= 0.3 is 5.97 Å². The highest BCUT2D eigenvalue weighted by Crippen LogP contribution is 1.81. The molecule has 4 nitrogen and oxygen atoms in total. The van der Waals surface area contributed by atoms with Gasteiger partial charge in [-0.25, -0.2) is 0 Å². The lowest BCUT2D eigenvalue weighted by molar-refractivity contribution is -0.142. The molecule has 0 saturated carbocycles. The van der Waals surface area contributed by atoms with Crippen LogP contribution in [0, 0.1) is 9.85 Å². The summed E-state index contributed by atoms with van der Waals surface area (Å²) in [6.45, 7) is 3.49. The van der Waals surface area contributed by atoms with Crippen molar-refractivity contribution in [1.29, 1.82) is 0 Å². The molecule has 0 unspecified atom stereocenters. The predicted octanol–water partition coefficient (Wildman–Crippen LogP) is 0.979. The summed E-state index contributed by atoms with van der Waals surface area (Å²) in [6, 6.07) is 0. The van der Waals surface area contributed by atoms with E-state index in [4.69, 9.17) is 9.47 Å². The first-order valence-electron chi connectivity index (χ1n) is 4.14. The topological polar surface area (TPSA) is 44.8 Å². The highest BCUT2D eigenvalue weighted by atomic mass is 127. The van der Waals surface area contributed by atoms with Crippen LogP contribution < -0.4 is 0 Å². The molecule has 0 aromatic rings. The quantitative estimate of drug-likeness (QED) is 0.304.